The van der Waals surface area contributed by atoms with E-state index in [1.165, 1.54) is 36.6 Å². The van der Waals surface area contributed by atoms with Crippen LogP contribution in [0.3, 0.4) is 0 Å². The Morgan fingerprint density at radius 2 is 1.76 bits per heavy atom. The van der Waals surface area contributed by atoms with Crippen LogP contribution in [0.1, 0.15) is 38.2 Å². The van der Waals surface area contributed by atoms with Crippen LogP contribution >= 0.6 is 0 Å². The minimum Gasteiger partial charge on any atom is -0.399 e. The molecule has 3 rings (SSSR count). The first-order valence-corrected chi connectivity index (χ1v) is 7.85. The summed E-state index contributed by atoms with van der Waals surface area (Å²) in [5.41, 5.74) is 10.1. The van der Waals surface area contributed by atoms with E-state index < -0.39 is 0 Å². The summed E-state index contributed by atoms with van der Waals surface area (Å²) in [6.45, 7) is 2.25. The number of anilines is 1. The van der Waals surface area contributed by atoms with Gasteiger partial charge in [-0.05, 0) is 48.7 Å². The number of nitrogens with two attached hydrogens (primary N) is 1. The van der Waals surface area contributed by atoms with Crippen LogP contribution in [-0.2, 0) is 6.42 Å². The largest absolute Gasteiger partial charge is 0.399 e. The fraction of sp³-hybridized carbons (Fsp3) is 0.316. The van der Waals surface area contributed by atoms with Gasteiger partial charge in [0.1, 0.15) is 0 Å². The normalized spacial score (nSPS) is 11.3. The Hall–Kier alpha value is -2.09. The average molecular weight is 278 g/mol. The van der Waals surface area contributed by atoms with Crippen molar-refractivity contribution in [3.63, 3.8) is 0 Å². The summed E-state index contributed by atoms with van der Waals surface area (Å²) in [6, 6.07) is 14.7. The topological polar surface area (TPSA) is 38.9 Å². The maximum Gasteiger partial charge on any atom is 0.0712 e. The molecule has 0 bridgehead atoms. The van der Waals surface area contributed by atoms with Gasteiger partial charge in [0.15, 0.2) is 0 Å². The zero-order valence-corrected chi connectivity index (χ0v) is 12.6. The van der Waals surface area contributed by atoms with Crippen LogP contribution in [0, 0.1) is 0 Å². The van der Waals surface area contributed by atoms with Gasteiger partial charge in [0.25, 0.3) is 0 Å². The predicted molar refractivity (Wildman–Crippen MR) is 91.5 cm³/mol. The molecule has 1 aromatic heterocycles. The summed E-state index contributed by atoms with van der Waals surface area (Å²) >= 11 is 0. The van der Waals surface area contributed by atoms with Crippen LogP contribution in [0.25, 0.3) is 21.8 Å². The Morgan fingerprint density at radius 1 is 0.857 bits per heavy atom. The molecule has 0 aliphatic heterocycles. The molecule has 0 saturated carbocycles. The van der Waals surface area contributed by atoms with E-state index in [2.05, 4.69) is 31.2 Å². The lowest BCUT2D eigenvalue weighted by Crippen LogP contribution is -1.90. The molecular formula is C19H22N2. The first-order valence-electron chi connectivity index (χ1n) is 7.85. The Kier molecular flexibility index (Phi) is 4.05. The number of aryl methyl sites for hydroxylation is 1. The van der Waals surface area contributed by atoms with Crippen molar-refractivity contribution in [2.24, 2.45) is 0 Å². The van der Waals surface area contributed by atoms with Gasteiger partial charge in [0.2, 0.25) is 0 Å². The average Bonchev–Trinajstić information content (AvgIpc) is 2.49. The Bertz CT molecular complexity index is 762. The van der Waals surface area contributed by atoms with E-state index in [4.69, 9.17) is 10.7 Å². The second kappa shape index (κ2) is 6.13. The zero-order chi connectivity index (χ0) is 14.7. The number of hydrogen-bond acceptors (Lipinski definition) is 2. The van der Waals surface area contributed by atoms with Gasteiger partial charge in [0.05, 0.1) is 11.0 Å². The lowest BCUT2D eigenvalue weighted by atomic mass is 10.0. The first-order chi connectivity index (χ1) is 10.3. The molecular weight excluding hydrogens is 256 g/mol. The van der Waals surface area contributed by atoms with Crippen LogP contribution < -0.4 is 5.73 Å². The van der Waals surface area contributed by atoms with Gasteiger partial charge < -0.3 is 5.73 Å². The molecule has 21 heavy (non-hydrogen) atoms. The van der Waals surface area contributed by atoms with Crippen molar-refractivity contribution < 1.29 is 0 Å². The third-order valence-electron chi connectivity index (χ3n) is 4.02. The number of benzene rings is 2. The molecule has 3 aromatic rings. The summed E-state index contributed by atoms with van der Waals surface area (Å²) in [5.74, 6) is 0. The molecule has 0 spiro atoms. The number of unbranched alkanes of at least 4 members (excludes halogenated alkanes) is 3. The van der Waals surface area contributed by atoms with Crippen molar-refractivity contribution in [3.8, 4) is 0 Å². The molecule has 0 atom stereocenters. The molecule has 0 saturated heterocycles. The molecule has 0 radical (unpaired) electrons. The lowest BCUT2D eigenvalue weighted by Gasteiger charge is -2.06. The molecule has 2 N–H and O–H groups in total. The maximum atomic E-state index is 5.84. The summed E-state index contributed by atoms with van der Waals surface area (Å²) < 4.78 is 0. The van der Waals surface area contributed by atoms with Crippen molar-refractivity contribution in [3.05, 3.63) is 48.0 Å². The van der Waals surface area contributed by atoms with Crippen LogP contribution in [0.2, 0.25) is 0 Å². The number of hydrogen-bond donors (Lipinski definition) is 1. The highest BCUT2D eigenvalue weighted by atomic mass is 14.7. The first kappa shape index (κ1) is 13.9. The Balaban J connectivity index is 1.90. The van der Waals surface area contributed by atoms with Crippen molar-refractivity contribution >= 4 is 27.5 Å². The van der Waals surface area contributed by atoms with E-state index in [-0.39, 0.29) is 0 Å². The highest BCUT2D eigenvalue weighted by Crippen LogP contribution is 2.23. The van der Waals surface area contributed by atoms with Crippen LogP contribution in [0.4, 0.5) is 5.69 Å². The third-order valence-corrected chi connectivity index (χ3v) is 4.02. The number of fused-ring (bicyclic) bond motifs is 2. The van der Waals surface area contributed by atoms with Crippen LogP contribution in [0.15, 0.2) is 42.5 Å². The smallest absolute Gasteiger partial charge is 0.0712 e. The molecule has 108 valence electrons. The standard InChI is InChI=1S/C19H22N2/c1-2-3-4-5-6-14-7-8-15-12-16-13-17(20)9-10-18(16)21-19(15)11-14/h7-13H,2-6,20H2,1H3. The number of aromatic nitrogens is 1. The van der Waals surface area contributed by atoms with E-state index >= 15 is 0 Å². The van der Waals surface area contributed by atoms with E-state index in [1.807, 2.05) is 18.2 Å². The molecule has 0 amide bonds. The van der Waals surface area contributed by atoms with Crippen molar-refractivity contribution in [1.29, 1.82) is 0 Å². The fourth-order valence-electron chi connectivity index (χ4n) is 2.81. The van der Waals surface area contributed by atoms with Crippen LogP contribution in [0.5, 0.6) is 0 Å². The van der Waals surface area contributed by atoms with Crippen LogP contribution in [-0.4, -0.2) is 4.98 Å². The van der Waals surface area contributed by atoms with Gasteiger partial charge in [0, 0.05) is 16.5 Å². The fourth-order valence-corrected chi connectivity index (χ4v) is 2.81. The van der Waals surface area contributed by atoms with E-state index in [0.717, 1.165) is 28.5 Å². The van der Waals surface area contributed by atoms with E-state index in [9.17, 15) is 0 Å². The highest BCUT2D eigenvalue weighted by Gasteiger charge is 2.02. The van der Waals surface area contributed by atoms with Crippen molar-refractivity contribution in [2.75, 3.05) is 5.73 Å². The second-order valence-corrected chi connectivity index (χ2v) is 5.78. The predicted octanol–water partition coefficient (Wildman–Crippen LogP) is 5.09. The quantitative estimate of drug-likeness (QED) is 0.401. The Morgan fingerprint density at radius 3 is 2.62 bits per heavy atom. The van der Waals surface area contributed by atoms with E-state index in [0.29, 0.717) is 0 Å². The molecule has 2 aromatic carbocycles. The summed E-state index contributed by atoms with van der Waals surface area (Å²) in [6.07, 6.45) is 6.35. The SMILES string of the molecule is CCCCCCc1ccc2cc3cc(N)ccc3nc2c1. The van der Waals surface area contributed by atoms with Gasteiger partial charge in [-0.25, -0.2) is 4.98 Å². The van der Waals surface area contributed by atoms with Gasteiger partial charge in [-0.3, -0.25) is 0 Å². The molecule has 1 heterocycles. The molecule has 0 aliphatic carbocycles. The number of pyridine rings is 1. The molecule has 2 nitrogen and oxygen atoms in total. The molecule has 2 heteroatoms. The Labute approximate surface area is 126 Å². The number of nitrogens with zero attached hydrogens (tertiary/aromatic N) is 1. The number of rotatable bonds is 5. The highest BCUT2D eigenvalue weighted by molar-refractivity contribution is 5.94. The second-order valence-electron chi connectivity index (χ2n) is 5.78. The van der Waals surface area contributed by atoms with Gasteiger partial charge in [-0.2, -0.15) is 0 Å². The number of nitrogen functional groups attached to an aromatic ring is 1. The third kappa shape index (κ3) is 3.15. The minimum absolute atomic E-state index is 0.788. The van der Waals surface area contributed by atoms with Gasteiger partial charge >= 0.3 is 0 Å². The lowest BCUT2D eigenvalue weighted by molar-refractivity contribution is 0.667. The summed E-state index contributed by atoms with van der Waals surface area (Å²) in [4.78, 5) is 4.77. The molecule has 0 unspecified atom stereocenters. The molecule has 0 aliphatic rings. The summed E-state index contributed by atoms with van der Waals surface area (Å²) in [7, 11) is 0. The summed E-state index contributed by atoms with van der Waals surface area (Å²) in [5, 5.41) is 2.30. The zero-order valence-electron chi connectivity index (χ0n) is 12.6. The van der Waals surface area contributed by atoms with Crippen molar-refractivity contribution in [2.45, 2.75) is 39.0 Å². The maximum absolute atomic E-state index is 5.84. The monoisotopic (exact) mass is 278 g/mol. The molecule has 0 fully saturated rings. The van der Waals surface area contributed by atoms with E-state index in [1.54, 1.807) is 0 Å². The van der Waals surface area contributed by atoms with Gasteiger partial charge in [-0.15, -0.1) is 0 Å². The minimum atomic E-state index is 0.788. The van der Waals surface area contributed by atoms with Gasteiger partial charge in [-0.1, -0.05) is 38.3 Å². The van der Waals surface area contributed by atoms with Crippen molar-refractivity contribution in [1.82, 2.24) is 4.98 Å².